The van der Waals surface area contributed by atoms with Gasteiger partial charge in [-0.15, -0.1) is 0 Å². The summed E-state index contributed by atoms with van der Waals surface area (Å²) in [6, 6.07) is 8.09. The Morgan fingerprint density at radius 2 is 2.07 bits per heavy atom. The first-order valence-corrected chi connectivity index (χ1v) is 10.1. The number of fused-ring (bicyclic) bond motifs is 1. The van der Waals surface area contributed by atoms with Gasteiger partial charge in [-0.1, -0.05) is 18.6 Å². The zero-order chi connectivity index (χ0) is 18.9. The second-order valence-corrected chi connectivity index (χ2v) is 7.66. The van der Waals surface area contributed by atoms with Gasteiger partial charge < -0.3 is 14.6 Å². The number of imidazole rings is 1. The molecule has 0 bridgehead atoms. The molecular formula is C21H27N3O3. The van der Waals surface area contributed by atoms with Gasteiger partial charge in [-0.05, 0) is 44.7 Å². The van der Waals surface area contributed by atoms with Crippen molar-refractivity contribution in [3.05, 3.63) is 30.1 Å². The lowest BCUT2D eigenvalue weighted by molar-refractivity contribution is -0.153. The van der Waals surface area contributed by atoms with Gasteiger partial charge in [0.05, 0.1) is 23.4 Å². The normalized spacial score (nSPS) is 21.5. The Hall–Kier alpha value is -2.37. The summed E-state index contributed by atoms with van der Waals surface area (Å²) >= 11 is 0. The fraction of sp³-hybridized carbons (Fsp3) is 0.571. The molecule has 1 aromatic carbocycles. The van der Waals surface area contributed by atoms with Crippen molar-refractivity contribution in [1.29, 1.82) is 0 Å². The number of aryl methyl sites for hydroxylation is 1. The number of hydrogen-bond acceptors (Lipinski definition) is 4. The van der Waals surface area contributed by atoms with Crippen LogP contribution in [0.1, 0.15) is 51.3 Å². The van der Waals surface area contributed by atoms with E-state index in [1.165, 1.54) is 0 Å². The zero-order valence-electron chi connectivity index (χ0n) is 15.9. The fourth-order valence-electron chi connectivity index (χ4n) is 4.71. The van der Waals surface area contributed by atoms with Crippen molar-refractivity contribution in [2.24, 2.45) is 5.92 Å². The average Bonchev–Trinajstić information content (AvgIpc) is 3.19. The zero-order valence-corrected chi connectivity index (χ0v) is 15.9. The lowest BCUT2D eigenvalue weighted by Crippen LogP contribution is -2.46. The molecule has 1 spiro atoms. The molecule has 1 saturated carbocycles. The Kier molecular flexibility index (Phi) is 4.89. The van der Waals surface area contributed by atoms with Crippen LogP contribution in [0.3, 0.4) is 0 Å². The van der Waals surface area contributed by atoms with E-state index in [1.807, 2.05) is 18.2 Å². The molecule has 1 saturated heterocycles. The van der Waals surface area contributed by atoms with E-state index in [-0.39, 0.29) is 24.2 Å². The summed E-state index contributed by atoms with van der Waals surface area (Å²) < 4.78 is 7.84. The van der Waals surface area contributed by atoms with Crippen LogP contribution >= 0.6 is 0 Å². The highest BCUT2D eigenvalue weighted by Crippen LogP contribution is 2.44. The summed E-state index contributed by atoms with van der Waals surface area (Å²) in [4.78, 5) is 29.4. The van der Waals surface area contributed by atoms with Crippen molar-refractivity contribution in [2.45, 2.75) is 64.0 Å². The number of hydrogen-bond donors (Lipinski definition) is 1. The SMILES string of the molecule is CCn1c(CCNC(=O)[C@@H]2CC(=O)OC23CCCCC3)nc2ccccc21. The summed E-state index contributed by atoms with van der Waals surface area (Å²) in [7, 11) is 0. The molecule has 0 unspecified atom stereocenters. The molecule has 0 radical (unpaired) electrons. The second kappa shape index (κ2) is 7.33. The lowest BCUT2D eigenvalue weighted by atomic mass is 9.75. The van der Waals surface area contributed by atoms with Gasteiger partial charge in [0.15, 0.2) is 0 Å². The number of aromatic nitrogens is 2. The molecule has 2 aliphatic rings. The largest absolute Gasteiger partial charge is 0.458 e. The standard InChI is InChI=1S/C21H27N3O3/c1-2-24-17-9-5-4-8-16(17)23-18(24)10-13-22-20(26)15-14-19(25)27-21(15)11-6-3-7-12-21/h4-5,8-9,15H,2-3,6-7,10-14H2,1H3,(H,22,26)/t15-/m0/s1. The van der Waals surface area contributed by atoms with Crippen LogP contribution in [-0.4, -0.2) is 33.6 Å². The molecule has 1 aliphatic heterocycles. The maximum atomic E-state index is 12.8. The van der Waals surface area contributed by atoms with Gasteiger partial charge in [0.25, 0.3) is 0 Å². The van der Waals surface area contributed by atoms with Gasteiger partial charge in [-0.2, -0.15) is 0 Å². The van der Waals surface area contributed by atoms with Crippen molar-refractivity contribution < 1.29 is 14.3 Å². The number of para-hydroxylation sites is 2. The minimum atomic E-state index is -0.560. The highest BCUT2D eigenvalue weighted by atomic mass is 16.6. The third-order valence-electron chi connectivity index (χ3n) is 6.04. The fourth-order valence-corrected chi connectivity index (χ4v) is 4.71. The average molecular weight is 369 g/mol. The van der Waals surface area contributed by atoms with E-state index in [4.69, 9.17) is 9.72 Å². The molecular weight excluding hydrogens is 342 g/mol. The Morgan fingerprint density at radius 3 is 2.85 bits per heavy atom. The second-order valence-electron chi connectivity index (χ2n) is 7.66. The number of carbonyl (C=O) groups is 2. The molecule has 144 valence electrons. The van der Waals surface area contributed by atoms with Crippen molar-refractivity contribution in [3.63, 3.8) is 0 Å². The predicted octanol–water partition coefficient (Wildman–Crippen LogP) is 2.98. The van der Waals surface area contributed by atoms with E-state index in [2.05, 4.69) is 22.9 Å². The molecule has 2 heterocycles. The maximum Gasteiger partial charge on any atom is 0.307 e. The number of esters is 1. The van der Waals surface area contributed by atoms with Gasteiger partial charge in [-0.25, -0.2) is 4.98 Å². The van der Waals surface area contributed by atoms with Crippen LogP contribution in [0.4, 0.5) is 0 Å². The number of carbonyl (C=O) groups excluding carboxylic acids is 2. The summed E-state index contributed by atoms with van der Waals surface area (Å²) in [6.45, 7) is 3.46. The molecule has 2 aromatic rings. The van der Waals surface area contributed by atoms with Gasteiger partial charge in [0.1, 0.15) is 11.4 Å². The first kappa shape index (κ1) is 18.0. The molecule has 4 rings (SSSR count). The van der Waals surface area contributed by atoms with E-state index in [0.717, 1.165) is 55.5 Å². The molecule has 27 heavy (non-hydrogen) atoms. The van der Waals surface area contributed by atoms with Crippen molar-refractivity contribution >= 4 is 22.9 Å². The monoisotopic (exact) mass is 369 g/mol. The van der Waals surface area contributed by atoms with Crippen LogP contribution in [0.5, 0.6) is 0 Å². The quantitative estimate of drug-likeness (QED) is 0.823. The van der Waals surface area contributed by atoms with E-state index in [9.17, 15) is 9.59 Å². The highest BCUT2D eigenvalue weighted by molar-refractivity contribution is 5.87. The van der Waals surface area contributed by atoms with Gasteiger partial charge in [0.2, 0.25) is 5.91 Å². The van der Waals surface area contributed by atoms with Crippen molar-refractivity contribution in [1.82, 2.24) is 14.9 Å². The number of ether oxygens (including phenoxy) is 1. The van der Waals surface area contributed by atoms with Crippen LogP contribution in [0, 0.1) is 5.92 Å². The number of benzene rings is 1. The first-order valence-electron chi connectivity index (χ1n) is 10.1. The third kappa shape index (κ3) is 3.33. The molecule has 1 N–H and O–H groups in total. The molecule has 1 aliphatic carbocycles. The van der Waals surface area contributed by atoms with Gasteiger partial charge in [-0.3, -0.25) is 9.59 Å². The minimum Gasteiger partial charge on any atom is -0.458 e. The Morgan fingerprint density at radius 1 is 1.30 bits per heavy atom. The molecule has 1 amide bonds. The molecule has 6 heteroatoms. The van der Waals surface area contributed by atoms with Crippen LogP contribution in [-0.2, 0) is 27.3 Å². The van der Waals surface area contributed by atoms with Gasteiger partial charge >= 0.3 is 5.97 Å². The molecule has 6 nitrogen and oxygen atoms in total. The van der Waals surface area contributed by atoms with Crippen molar-refractivity contribution in [3.8, 4) is 0 Å². The first-order chi connectivity index (χ1) is 13.1. The van der Waals surface area contributed by atoms with Crippen LogP contribution in [0.15, 0.2) is 24.3 Å². The summed E-state index contributed by atoms with van der Waals surface area (Å²) in [5, 5.41) is 3.04. The summed E-state index contributed by atoms with van der Waals surface area (Å²) in [6.07, 6.45) is 5.70. The van der Waals surface area contributed by atoms with Crippen molar-refractivity contribution in [2.75, 3.05) is 6.54 Å². The summed E-state index contributed by atoms with van der Waals surface area (Å²) in [5.74, 6) is 0.340. The van der Waals surface area contributed by atoms with E-state index in [1.54, 1.807) is 0 Å². The Labute approximate surface area is 159 Å². The Bertz CT molecular complexity index is 851. The number of rotatable bonds is 5. The smallest absolute Gasteiger partial charge is 0.307 e. The van der Waals surface area contributed by atoms with Crippen LogP contribution in [0.2, 0.25) is 0 Å². The predicted molar refractivity (Wildman–Crippen MR) is 102 cm³/mol. The molecule has 1 aromatic heterocycles. The Balaban J connectivity index is 1.42. The number of nitrogens with one attached hydrogen (secondary N) is 1. The van der Waals surface area contributed by atoms with Gasteiger partial charge in [0, 0.05) is 19.5 Å². The lowest BCUT2D eigenvalue weighted by Gasteiger charge is -2.36. The molecule has 2 fully saturated rings. The topological polar surface area (TPSA) is 73.2 Å². The molecule has 1 atom stereocenters. The minimum absolute atomic E-state index is 0.0538. The highest BCUT2D eigenvalue weighted by Gasteiger charge is 2.52. The number of nitrogens with zero attached hydrogens (tertiary/aromatic N) is 2. The number of amides is 1. The third-order valence-corrected chi connectivity index (χ3v) is 6.04. The van der Waals surface area contributed by atoms with E-state index < -0.39 is 5.60 Å². The summed E-state index contributed by atoms with van der Waals surface area (Å²) in [5.41, 5.74) is 1.55. The van der Waals surface area contributed by atoms with E-state index in [0.29, 0.717) is 13.0 Å². The van der Waals surface area contributed by atoms with Crippen LogP contribution in [0.25, 0.3) is 11.0 Å². The van der Waals surface area contributed by atoms with E-state index >= 15 is 0 Å². The maximum absolute atomic E-state index is 12.8. The van der Waals surface area contributed by atoms with Crippen LogP contribution < -0.4 is 5.32 Å².